The maximum absolute atomic E-state index is 13.2. The van der Waals surface area contributed by atoms with Crippen LogP contribution in [0, 0.1) is 20.8 Å². The van der Waals surface area contributed by atoms with Gasteiger partial charge in [0.15, 0.2) is 0 Å². The van der Waals surface area contributed by atoms with Gasteiger partial charge in [-0.05, 0) is 85.8 Å². The molecule has 0 atom stereocenters. The lowest BCUT2D eigenvalue weighted by Crippen LogP contribution is -2.38. The molecule has 0 radical (unpaired) electrons. The van der Waals surface area contributed by atoms with Gasteiger partial charge < -0.3 is 20.9 Å². The molecule has 8 nitrogen and oxygen atoms in total. The third-order valence-electron chi connectivity index (χ3n) is 7.39. The third-order valence-corrected chi connectivity index (χ3v) is 7.39. The minimum Gasteiger partial charge on any atom is -0.343 e. The number of amides is 4. The van der Waals surface area contributed by atoms with Gasteiger partial charge in [0.2, 0.25) is 11.8 Å². The molecule has 0 unspecified atom stereocenters. The highest BCUT2D eigenvalue weighted by Gasteiger charge is 2.20. The van der Waals surface area contributed by atoms with E-state index < -0.39 is 0 Å². The van der Waals surface area contributed by atoms with Gasteiger partial charge in [-0.3, -0.25) is 19.2 Å². The van der Waals surface area contributed by atoms with Gasteiger partial charge in [-0.1, -0.05) is 79.2 Å². The number of nitrogens with zero attached hydrogens (tertiary/aromatic N) is 1. The molecule has 0 saturated heterocycles. The zero-order chi connectivity index (χ0) is 33.1. The number of nitrogens with one attached hydrogen (secondary N) is 3. The molecule has 3 N–H and O–H groups in total. The fraction of sp³-hybridized carbons (Fsp3) is 0.211. The summed E-state index contributed by atoms with van der Waals surface area (Å²) in [5.41, 5.74) is 7.05. The van der Waals surface area contributed by atoms with Crippen LogP contribution in [0.2, 0.25) is 0 Å². The van der Waals surface area contributed by atoms with Crippen LogP contribution >= 0.6 is 0 Å². The average Bonchev–Trinajstić information content (AvgIpc) is 3.05. The van der Waals surface area contributed by atoms with Crippen molar-refractivity contribution in [2.75, 3.05) is 30.3 Å². The summed E-state index contributed by atoms with van der Waals surface area (Å²) in [6.45, 7) is 8.01. The minimum atomic E-state index is -0.316. The molecule has 8 heteroatoms. The lowest BCUT2D eigenvalue weighted by atomic mass is 10.0. The molecule has 46 heavy (non-hydrogen) atoms. The van der Waals surface area contributed by atoms with E-state index in [-0.39, 0.29) is 36.7 Å². The van der Waals surface area contributed by atoms with Crippen LogP contribution in [0.3, 0.4) is 0 Å². The van der Waals surface area contributed by atoms with E-state index in [0.29, 0.717) is 29.0 Å². The molecule has 4 aromatic rings. The zero-order valence-electron chi connectivity index (χ0n) is 26.7. The molecule has 0 aliphatic heterocycles. The number of rotatable bonds is 12. The molecule has 4 rings (SSSR count). The molecule has 4 amide bonds. The van der Waals surface area contributed by atoms with Crippen molar-refractivity contribution in [3.63, 3.8) is 0 Å². The minimum absolute atomic E-state index is 0.0276. The van der Waals surface area contributed by atoms with Crippen LogP contribution in [0.1, 0.15) is 61.9 Å². The maximum atomic E-state index is 13.2. The quantitative estimate of drug-likeness (QED) is 0.155. The van der Waals surface area contributed by atoms with Gasteiger partial charge in [0.1, 0.15) is 6.54 Å². The average molecular weight is 617 g/mol. The van der Waals surface area contributed by atoms with Crippen LogP contribution in [-0.2, 0) is 9.59 Å². The van der Waals surface area contributed by atoms with E-state index in [1.807, 2.05) is 107 Å². The van der Waals surface area contributed by atoms with Crippen molar-refractivity contribution in [3.8, 4) is 0 Å². The number of aryl methyl sites for hydroxylation is 3. The van der Waals surface area contributed by atoms with Gasteiger partial charge in [-0.15, -0.1) is 0 Å². The number of carbonyl (C=O) groups excluding carboxylic acids is 4. The highest BCUT2D eigenvalue weighted by molar-refractivity contribution is 6.01. The van der Waals surface area contributed by atoms with Gasteiger partial charge in [0, 0.05) is 29.0 Å². The van der Waals surface area contributed by atoms with Crippen molar-refractivity contribution in [2.45, 2.75) is 34.1 Å². The molecule has 0 spiro atoms. The molecule has 0 heterocycles. The van der Waals surface area contributed by atoms with Crippen LogP contribution in [0.5, 0.6) is 0 Å². The molecule has 4 aromatic carbocycles. The molecule has 0 bridgehead atoms. The van der Waals surface area contributed by atoms with E-state index in [0.717, 1.165) is 34.2 Å². The Bertz CT molecular complexity index is 1730. The van der Waals surface area contributed by atoms with Gasteiger partial charge in [0.05, 0.1) is 6.54 Å². The second-order valence-corrected chi connectivity index (χ2v) is 11.2. The Morgan fingerprint density at radius 2 is 1.24 bits per heavy atom. The van der Waals surface area contributed by atoms with Gasteiger partial charge in [-0.25, -0.2) is 0 Å². The zero-order valence-corrected chi connectivity index (χ0v) is 26.7. The molecule has 236 valence electrons. The van der Waals surface area contributed by atoms with Crippen molar-refractivity contribution in [3.05, 3.63) is 130 Å². The molecule has 0 aromatic heterocycles. The summed E-state index contributed by atoms with van der Waals surface area (Å²) >= 11 is 0. The second kappa shape index (κ2) is 16.0. The summed E-state index contributed by atoms with van der Waals surface area (Å²) in [5, 5.41) is 8.34. The number of hydrogen-bond donors (Lipinski definition) is 3. The highest BCUT2D eigenvalue weighted by atomic mass is 16.2. The standard InChI is InChI=1S/C38H40N4O4/c1-5-22-42(38(46)34-23-26(2)10-11-28(34)4)25-36(44)41-32-20-16-30(17-21-32)13-12-29-14-18-31(19-15-29)40-35(43)24-39-37(45)33-9-7-6-8-27(33)3/h6-21,23H,5,22,24-25H2,1-4H3,(H,39,45)(H,40,43)(H,41,44)/b13-12+. The van der Waals surface area contributed by atoms with E-state index >= 15 is 0 Å². The SMILES string of the molecule is CCCN(CC(=O)Nc1ccc(/C=C/c2ccc(NC(=O)CNC(=O)c3ccccc3C)cc2)cc1)C(=O)c1cc(C)ccc1C. The molecule has 0 fully saturated rings. The fourth-order valence-electron chi connectivity index (χ4n) is 4.87. The van der Waals surface area contributed by atoms with Gasteiger partial charge in [-0.2, -0.15) is 0 Å². The highest BCUT2D eigenvalue weighted by Crippen LogP contribution is 2.17. The summed E-state index contributed by atoms with van der Waals surface area (Å²) in [6, 6.07) is 27.8. The molecule has 0 saturated carbocycles. The first-order valence-electron chi connectivity index (χ1n) is 15.3. The van der Waals surface area contributed by atoms with E-state index in [2.05, 4.69) is 16.0 Å². The van der Waals surface area contributed by atoms with Crippen LogP contribution in [0.4, 0.5) is 11.4 Å². The first kappa shape index (κ1) is 33.4. The Balaban J connectivity index is 1.26. The van der Waals surface area contributed by atoms with E-state index in [1.54, 1.807) is 29.2 Å². The predicted molar refractivity (Wildman–Crippen MR) is 185 cm³/mol. The molecule has 0 aliphatic rings. The number of carbonyl (C=O) groups is 4. The Kier molecular flexibility index (Phi) is 11.6. The van der Waals surface area contributed by atoms with Crippen molar-refractivity contribution in [1.29, 1.82) is 0 Å². The number of anilines is 2. The van der Waals surface area contributed by atoms with E-state index in [4.69, 9.17) is 0 Å². The number of benzene rings is 4. The lowest BCUT2D eigenvalue weighted by molar-refractivity contribution is -0.117. The summed E-state index contributed by atoms with van der Waals surface area (Å²) in [5.74, 6) is -1.00. The first-order chi connectivity index (χ1) is 22.1. The summed E-state index contributed by atoms with van der Waals surface area (Å²) < 4.78 is 0. The van der Waals surface area contributed by atoms with E-state index in [9.17, 15) is 19.2 Å². The summed E-state index contributed by atoms with van der Waals surface area (Å²) in [7, 11) is 0. The van der Waals surface area contributed by atoms with Crippen molar-refractivity contribution >= 4 is 47.2 Å². The number of hydrogen-bond acceptors (Lipinski definition) is 4. The smallest absolute Gasteiger partial charge is 0.254 e. The van der Waals surface area contributed by atoms with Crippen molar-refractivity contribution < 1.29 is 19.2 Å². The Hall–Kier alpha value is -5.50. The van der Waals surface area contributed by atoms with Crippen LogP contribution in [-0.4, -0.2) is 48.2 Å². The van der Waals surface area contributed by atoms with Crippen LogP contribution in [0.25, 0.3) is 12.2 Å². The van der Waals surface area contributed by atoms with Gasteiger partial charge in [0.25, 0.3) is 11.8 Å². The first-order valence-corrected chi connectivity index (χ1v) is 15.3. The monoisotopic (exact) mass is 616 g/mol. The second-order valence-electron chi connectivity index (χ2n) is 11.2. The fourth-order valence-corrected chi connectivity index (χ4v) is 4.87. The van der Waals surface area contributed by atoms with Gasteiger partial charge >= 0.3 is 0 Å². The van der Waals surface area contributed by atoms with Crippen molar-refractivity contribution in [2.24, 2.45) is 0 Å². The van der Waals surface area contributed by atoms with Crippen LogP contribution in [0.15, 0.2) is 91.0 Å². The topological polar surface area (TPSA) is 108 Å². The maximum Gasteiger partial charge on any atom is 0.254 e. The molecular weight excluding hydrogens is 576 g/mol. The summed E-state index contributed by atoms with van der Waals surface area (Å²) in [4.78, 5) is 52.3. The Morgan fingerprint density at radius 3 is 1.83 bits per heavy atom. The Morgan fingerprint density at radius 1 is 0.674 bits per heavy atom. The van der Waals surface area contributed by atoms with E-state index in [1.165, 1.54) is 0 Å². The summed E-state index contributed by atoms with van der Waals surface area (Å²) in [6.07, 6.45) is 4.64. The van der Waals surface area contributed by atoms with Crippen LogP contribution < -0.4 is 16.0 Å². The van der Waals surface area contributed by atoms with Crippen molar-refractivity contribution in [1.82, 2.24) is 10.2 Å². The third kappa shape index (κ3) is 9.50. The molecule has 0 aliphatic carbocycles. The normalized spacial score (nSPS) is 10.8. The Labute approximate surface area is 270 Å². The lowest BCUT2D eigenvalue weighted by Gasteiger charge is -2.23. The largest absolute Gasteiger partial charge is 0.343 e. The molecular formula is C38H40N4O4. The predicted octanol–water partition coefficient (Wildman–Crippen LogP) is 6.64.